The van der Waals surface area contributed by atoms with Crippen LogP contribution in [-0.4, -0.2) is 6.36 Å². The summed E-state index contributed by atoms with van der Waals surface area (Å²) in [7, 11) is 0. The first-order valence-corrected chi connectivity index (χ1v) is 9.70. The van der Waals surface area contributed by atoms with Gasteiger partial charge in [-0.15, -0.1) is 13.2 Å². The molecule has 0 aliphatic heterocycles. The van der Waals surface area contributed by atoms with Crippen molar-refractivity contribution in [2.24, 2.45) is 0 Å². The molecule has 0 saturated carbocycles. The van der Waals surface area contributed by atoms with E-state index in [4.69, 9.17) is 0 Å². The second-order valence-corrected chi connectivity index (χ2v) is 6.80. The summed E-state index contributed by atoms with van der Waals surface area (Å²) >= 11 is 0. The molecule has 0 fully saturated rings. The lowest BCUT2D eigenvalue weighted by atomic mass is 9.89. The Labute approximate surface area is 171 Å². The number of alkyl halides is 3. The molecule has 0 unspecified atom stereocenters. The minimum atomic E-state index is -4.68. The highest BCUT2D eigenvalue weighted by Crippen LogP contribution is 2.35. The van der Waals surface area contributed by atoms with Crippen molar-refractivity contribution in [1.29, 1.82) is 0 Å². The maximum atomic E-state index is 12.4. The summed E-state index contributed by atoms with van der Waals surface area (Å²) in [4.78, 5) is 0. The standard InChI is InChI=1S/C23H21F3O.C2H6/c1-14-5-7-18(8-6-14)21-11-12-22(17(4)16(21)3)20-10-9-19(13-15(20)2)27-23(24,25)26;1-2/h5-13H,1-4H3;1-2H3. The van der Waals surface area contributed by atoms with E-state index in [9.17, 15) is 13.2 Å². The fraction of sp³-hybridized carbons (Fsp3) is 0.280. The third-order valence-corrected chi connectivity index (χ3v) is 4.87. The molecule has 3 aromatic rings. The molecule has 154 valence electrons. The van der Waals surface area contributed by atoms with Crippen LogP contribution in [0, 0.1) is 27.7 Å². The van der Waals surface area contributed by atoms with Gasteiger partial charge in [-0.1, -0.05) is 61.9 Å². The molecule has 0 aliphatic rings. The Balaban J connectivity index is 0.00000145. The van der Waals surface area contributed by atoms with E-state index < -0.39 is 6.36 Å². The molecule has 0 N–H and O–H groups in total. The molecule has 1 nitrogen and oxygen atoms in total. The molecular formula is C25H27F3O. The Morgan fingerprint density at radius 1 is 0.655 bits per heavy atom. The van der Waals surface area contributed by atoms with Gasteiger partial charge in [0.25, 0.3) is 0 Å². The van der Waals surface area contributed by atoms with E-state index in [1.807, 2.05) is 26.8 Å². The maximum Gasteiger partial charge on any atom is 0.573 e. The fourth-order valence-electron chi connectivity index (χ4n) is 3.29. The van der Waals surface area contributed by atoms with E-state index in [1.165, 1.54) is 17.7 Å². The molecule has 0 bridgehead atoms. The van der Waals surface area contributed by atoms with Crippen molar-refractivity contribution in [1.82, 2.24) is 0 Å². The number of hydrogen-bond acceptors (Lipinski definition) is 1. The Hall–Kier alpha value is -2.75. The number of benzene rings is 3. The number of hydrogen-bond donors (Lipinski definition) is 0. The topological polar surface area (TPSA) is 9.23 Å². The minimum absolute atomic E-state index is 0.200. The molecule has 0 amide bonds. The molecule has 0 atom stereocenters. The predicted octanol–water partition coefficient (Wildman–Crippen LogP) is 8.18. The quantitative estimate of drug-likeness (QED) is 0.431. The van der Waals surface area contributed by atoms with Gasteiger partial charge in [0.15, 0.2) is 0 Å². The lowest BCUT2D eigenvalue weighted by Crippen LogP contribution is -2.17. The fourth-order valence-corrected chi connectivity index (χ4v) is 3.29. The molecule has 0 saturated heterocycles. The largest absolute Gasteiger partial charge is 0.573 e. The van der Waals surface area contributed by atoms with Crippen LogP contribution in [0.5, 0.6) is 5.75 Å². The smallest absolute Gasteiger partial charge is 0.406 e. The number of rotatable bonds is 3. The predicted molar refractivity (Wildman–Crippen MR) is 114 cm³/mol. The highest BCUT2D eigenvalue weighted by atomic mass is 19.4. The van der Waals surface area contributed by atoms with E-state index in [0.29, 0.717) is 0 Å². The van der Waals surface area contributed by atoms with Crippen molar-refractivity contribution in [3.63, 3.8) is 0 Å². The summed E-state index contributed by atoms with van der Waals surface area (Å²) in [6.07, 6.45) is -4.68. The molecule has 3 rings (SSSR count). The van der Waals surface area contributed by atoms with E-state index in [2.05, 4.69) is 48.9 Å². The second-order valence-electron chi connectivity index (χ2n) is 6.80. The summed E-state index contributed by atoms with van der Waals surface area (Å²) in [5, 5.41) is 0. The zero-order valence-electron chi connectivity index (χ0n) is 17.7. The van der Waals surface area contributed by atoms with Gasteiger partial charge in [-0.25, -0.2) is 0 Å². The SMILES string of the molecule is CC.Cc1ccc(-c2ccc(-c3ccc(OC(F)(F)F)cc3C)c(C)c2C)cc1. The average Bonchev–Trinajstić information content (AvgIpc) is 2.66. The Morgan fingerprint density at radius 2 is 1.17 bits per heavy atom. The third kappa shape index (κ3) is 5.41. The van der Waals surface area contributed by atoms with Crippen LogP contribution < -0.4 is 4.74 Å². The molecule has 0 heterocycles. The van der Waals surface area contributed by atoms with Crippen LogP contribution in [0.25, 0.3) is 22.3 Å². The van der Waals surface area contributed by atoms with Crippen molar-refractivity contribution in [3.05, 3.63) is 76.9 Å². The summed E-state index contributed by atoms with van der Waals surface area (Å²) in [5.41, 5.74) is 8.44. The molecule has 29 heavy (non-hydrogen) atoms. The normalized spacial score (nSPS) is 10.9. The number of ether oxygens (including phenoxy) is 1. The van der Waals surface area contributed by atoms with Crippen molar-refractivity contribution in [3.8, 4) is 28.0 Å². The van der Waals surface area contributed by atoms with Crippen LogP contribution in [0.4, 0.5) is 13.2 Å². The molecule has 4 heteroatoms. The maximum absolute atomic E-state index is 12.4. The van der Waals surface area contributed by atoms with Crippen molar-refractivity contribution < 1.29 is 17.9 Å². The lowest BCUT2D eigenvalue weighted by Gasteiger charge is -2.17. The van der Waals surface area contributed by atoms with Gasteiger partial charge in [0, 0.05) is 0 Å². The summed E-state index contributed by atoms with van der Waals surface area (Å²) in [5.74, 6) is -0.200. The van der Waals surface area contributed by atoms with Crippen LogP contribution in [0.15, 0.2) is 54.6 Å². The molecular weight excluding hydrogens is 373 g/mol. The van der Waals surface area contributed by atoms with Crippen LogP contribution in [-0.2, 0) is 0 Å². The molecule has 3 aromatic carbocycles. The van der Waals surface area contributed by atoms with Crippen molar-refractivity contribution >= 4 is 0 Å². The van der Waals surface area contributed by atoms with Gasteiger partial charge < -0.3 is 4.74 Å². The Bertz CT molecular complexity index is 971. The van der Waals surface area contributed by atoms with Gasteiger partial charge in [-0.3, -0.25) is 0 Å². The minimum Gasteiger partial charge on any atom is -0.406 e. The first kappa shape index (κ1) is 22.5. The third-order valence-electron chi connectivity index (χ3n) is 4.87. The van der Waals surface area contributed by atoms with Crippen LogP contribution in [0.1, 0.15) is 36.1 Å². The second kappa shape index (κ2) is 9.17. The van der Waals surface area contributed by atoms with Crippen LogP contribution >= 0.6 is 0 Å². The number of halogens is 3. The molecule has 0 aromatic heterocycles. The zero-order valence-corrected chi connectivity index (χ0v) is 17.7. The van der Waals surface area contributed by atoms with Crippen LogP contribution in [0.3, 0.4) is 0 Å². The monoisotopic (exact) mass is 400 g/mol. The zero-order chi connectivity index (χ0) is 21.8. The van der Waals surface area contributed by atoms with Gasteiger partial charge in [0.1, 0.15) is 5.75 Å². The van der Waals surface area contributed by atoms with Crippen molar-refractivity contribution in [2.45, 2.75) is 47.9 Å². The summed E-state index contributed by atoms with van der Waals surface area (Å²) < 4.78 is 41.3. The van der Waals surface area contributed by atoms with E-state index in [0.717, 1.165) is 38.9 Å². The highest BCUT2D eigenvalue weighted by molar-refractivity contribution is 5.78. The first-order chi connectivity index (χ1) is 13.7. The van der Waals surface area contributed by atoms with Gasteiger partial charge in [-0.05, 0) is 78.8 Å². The van der Waals surface area contributed by atoms with Gasteiger partial charge in [0.2, 0.25) is 0 Å². The summed E-state index contributed by atoms with van der Waals surface area (Å²) in [6.45, 7) is 12.0. The number of aryl methyl sites for hydroxylation is 2. The van der Waals surface area contributed by atoms with Crippen LogP contribution in [0.2, 0.25) is 0 Å². The summed E-state index contributed by atoms with van der Waals surface area (Å²) in [6, 6.07) is 16.9. The Kier molecular flexibility index (Phi) is 7.12. The first-order valence-electron chi connectivity index (χ1n) is 9.70. The molecule has 0 aliphatic carbocycles. The van der Waals surface area contributed by atoms with E-state index in [1.54, 1.807) is 13.0 Å². The molecule has 0 radical (unpaired) electrons. The highest BCUT2D eigenvalue weighted by Gasteiger charge is 2.31. The van der Waals surface area contributed by atoms with E-state index >= 15 is 0 Å². The molecule has 0 spiro atoms. The average molecular weight is 400 g/mol. The lowest BCUT2D eigenvalue weighted by molar-refractivity contribution is -0.274. The van der Waals surface area contributed by atoms with Gasteiger partial charge in [0.05, 0.1) is 0 Å². The van der Waals surface area contributed by atoms with Crippen molar-refractivity contribution in [2.75, 3.05) is 0 Å². The van der Waals surface area contributed by atoms with E-state index in [-0.39, 0.29) is 5.75 Å². The van der Waals surface area contributed by atoms with Gasteiger partial charge >= 0.3 is 6.36 Å². The van der Waals surface area contributed by atoms with Gasteiger partial charge in [-0.2, -0.15) is 0 Å². The Morgan fingerprint density at radius 3 is 1.72 bits per heavy atom.